The lowest BCUT2D eigenvalue weighted by Gasteiger charge is -2.40. The Kier molecular flexibility index (Phi) is 7.77. The molecule has 0 radical (unpaired) electrons. The number of allylic oxidation sites excluding steroid dienone is 1. The number of benzene rings is 1. The van der Waals surface area contributed by atoms with E-state index in [1.54, 1.807) is 11.6 Å². The van der Waals surface area contributed by atoms with Crippen molar-refractivity contribution >= 4 is 39.1 Å². The molecule has 2 fully saturated rings. The van der Waals surface area contributed by atoms with E-state index in [2.05, 4.69) is 10.3 Å². The van der Waals surface area contributed by atoms with Crippen LogP contribution in [0.4, 0.5) is 8.78 Å². The van der Waals surface area contributed by atoms with Crippen LogP contribution >= 0.6 is 11.3 Å². The van der Waals surface area contributed by atoms with Gasteiger partial charge in [0.2, 0.25) is 10.0 Å². The standard InChI is InChI=1S/C26H28F2N4O6S2/c1-13-17(3-4-18(27)20(13)28)22-19(26(35)38-2)21(30-23(31-22)24-29-7-10-39-24)14-5-8-32(9-6-14)40(36,37)16-11-15(12-16)25(33)34/h3-4,7,10,14-16,22H,5-6,8-9,11-12H2,1-2H3,(H,30,31)(H,33,34)/t15?,16?,22-/m0/s1. The van der Waals surface area contributed by atoms with Crippen LogP contribution in [0, 0.1) is 30.4 Å². The minimum absolute atomic E-state index is 0.0102. The molecule has 2 aliphatic heterocycles. The largest absolute Gasteiger partial charge is 0.481 e. The molecule has 10 nitrogen and oxygen atoms in total. The van der Waals surface area contributed by atoms with Gasteiger partial charge in [-0.25, -0.2) is 31.3 Å². The number of aliphatic carboxylic acids is 1. The van der Waals surface area contributed by atoms with Gasteiger partial charge in [0.15, 0.2) is 22.5 Å². The number of carbonyl (C=O) groups excluding carboxylic acids is 1. The van der Waals surface area contributed by atoms with Crippen molar-refractivity contribution in [3.8, 4) is 0 Å². The Hall–Kier alpha value is -3.23. The molecule has 0 spiro atoms. The number of carboxylic acids is 1. The van der Waals surface area contributed by atoms with Gasteiger partial charge in [0, 0.05) is 36.3 Å². The van der Waals surface area contributed by atoms with Crippen LogP contribution in [0.25, 0.3) is 0 Å². The Morgan fingerprint density at radius 1 is 1.20 bits per heavy atom. The van der Waals surface area contributed by atoms with E-state index in [-0.39, 0.29) is 43.0 Å². The number of carboxylic acid groups (broad SMARTS) is 1. The fraction of sp³-hybridized carbons (Fsp3) is 0.462. The number of amidine groups is 1. The second-order valence-corrected chi connectivity index (χ2v) is 13.2. The van der Waals surface area contributed by atoms with Crippen LogP contribution in [0.2, 0.25) is 0 Å². The van der Waals surface area contributed by atoms with E-state index in [0.717, 1.165) is 6.07 Å². The molecule has 1 aromatic carbocycles. The highest BCUT2D eigenvalue weighted by Gasteiger charge is 2.46. The average Bonchev–Trinajstić information content (AvgIpc) is 3.45. The first-order valence-electron chi connectivity index (χ1n) is 12.8. The summed E-state index contributed by atoms with van der Waals surface area (Å²) in [6.45, 7) is 1.78. The quantitative estimate of drug-likeness (QED) is 0.467. The van der Waals surface area contributed by atoms with Crippen molar-refractivity contribution in [1.82, 2.24) is 14.6 Å². The van der Waals surface area contributed by atoms with Crippen LogP contribution in [0.1, 0.15) is 47.9 Å². The molecule has 1 saturated carbocycles. The number of carbonyl (C=O) groups is 2. The highest BCUT2D eigenvalue weighted by molar-refractivity contribution is 7.89. The van der Waals surface area contributed by atoms with Gasteiger partial charge < -0.3 is 15.2 Å². The molecule has 0 unspecified atom stereocenters. The van der Waals surface area contributed by atoms with Crippen molar-refractivity contribution < 1.29 is 36.6 Å². The van der Waals surface area contributed by atoms with Crippen LogP contribution in [-0.4, -0.2) is 66.0 Å². The molecule has 2 N–H and O–H groups in total. The number of halogens is 2. The maximum Gasteiger partial charge on any atom is 0.338 e. The molecule has 14 heteroatoms. The number of hydrogen-bond donors (Lipinski definition) is 2. The molecule has 5 rings (SSSR count). The van der Waals surface area contributed by atoms with Crippen LogP contribution < -0.4 is 5.32 Å². The number of rotatable bonds is 7. The number of piperidine rings is 1. The number of thiazole rings is 1. The van der Waals surface area contributed by atoms with Gasteiger partial charge in [-0.2, -0.15) is 0 Å². The Bertz CT molecular complexity index is 1500. The lowest BCUT2D eigenvalue weighted by atomic mass is 9.85. The van der Waals surface area contributed by atoms with Crippen LogP contribution in [0.3, 0.4) is 0 Å². The summed E-state index contributed by atoms with van der Waals surface area (Å²) in [5.41, 5.74) is 0.927. The zero-order valence-electron chi connectivity index (χ0n) is 21.8. The van der Waals surface area contributed by atoms with Gasteiger partial charge in [0.25, 0.3) is 0 Å². The summed E-state index contributed by atoms with van der Waals surface area (Å²) in [5.74, 6) is -4.31. The first kappa shape index (κ1) is 28.3. The number of sulfonamides is 1. The normalized spacial score (nSPS) is 24.2. The summed E-state index contributed by atoms with van der Waals surface area (Å²) in [6.07, 6.45) is 2.52. The van der Waals surface area contributed by atoms with Gasteiger partial charge in [0.1, 0.15) is 6.04 Å². The van der Waals surface area contributed by atoms with E-state index in [0.29, 0.717) is 34.9 Å². The monoisotopic (exact) mass is 594 g/mol. The van der Waals surface area contributed by atoms with E-state index >= 15 is 0 Å². The summed E-state index contributed by atoms with van der Waals surface area (Å²) in [4.78, 5) is 33.3. The Labute approximate surface area is 233 Å². The number of ether oxygens (including phenoxy) is 1. The summed E-state index contributed by atoms with van der Waals surface area (Å²) < 4.78 is 61.3. The molecule has 1 saturated heterocycles. The summed E-state index contributed by atoms with van der Waals surface area (Å²) in [6, 6.07) is 1.37. The van der Waals surface area contributed by atoms with Crippen LogP contribution in [-0.2, 0) is 24.3 Å². The number of nitrogens with one attached hydrogen (secondary N) is 1. The van der Waals surface area contributed by atoms with Crippen molar-refractivity contribution in [2.75, 3.05) is 20.2 Å². The van der Waals surface area contributed by atoms with Gasteiger partial charge in [-0.3, -0.25) is 9.79 Å². The Morgan fingerprint density at radius 3 is 2.50 bits per heavy atom. The molecule has 214 valence electrons. The van der Waals surface area contributed by atoms with Gasteiger partial charge in [-0.1, -0.05) is 6.07 Å². The molecule has 2 aromatic rings. The van der Waals surface area contributed by atoms with E-state index < -0.39 is 50.8 Å². The summed E-state index contributed by atoms with van der Waals surface area (Å²) in [7, 11) is -2.44. The molecule has 0 amide bonds. The summed E-state index contributed by atoms with van der Waals surface area (Å²) >= 11 is 1.31. The number of methoxy groups -OCH3 is 1. The van der Waals surface area contributed by atoms with Gasteiger partial charge in [0.05, 0.1) is 23.9 Å². The number of aliphatic imine (C=N–C) groups is 1. The predicted molar refractivity (Wildman–Crippen MR) is 142 cm³/mol. The molecule has 40 heavy (non-hydrogen) atoms. The first-order chi connectivity index (χ1) is 19.0. The molecule has 1 atom stereocenters. The highest BCUT2D eigenvalue weighted by Crippen LogP contribution is 2.41. The smallest absolute Gasteiger partial charge is 0.338 e. The fourth-order valence-corrected chi connectivity index (χ4v) is 8.16. The van der Waals surface area contributed by atoms with Crippen molar-refractivity contribution in [2.45, 2.75) is 43.9 Å². The SMILES string of the molecule is COC(=O)C1=C(C2CCN(S(=O)(=O)C3CC(C(=O)O)C3)CC2)NC(c2nccs2)=N[C@H]1c1ccc(F)c(F)c1C. The van der Waals surface area contributed by atoms with Gasteiger partial charge in [-0.15, -0.1) is 11.3 Å². The van der Waals surface area contributed by atoms with Crippen molar-refractivity contribution in [1.29, 1.82) is 0 Å². The van der Waals surface area contributed by atoms with E-state index in [1.165, 1.54) is 35.7 Å². The maximum absolute atomic E-state index is 14.6. The van der Waals surface area contributed by atoms with E-state index in [9.17, 15) is 26.8 Å². The van der Waals surface area contributed by atoms with Crippen LogP contribution in [0.15, 0.2) is 40.0 Å². The second kappa shape index (κ2) is 11.0. The molecule has 0 bridgehead atoms. The minimum Gasteiger partial charge on any atom is -0.481 e. The van der Waals surface area contributed by atoms with Crippen LogP contribution in [0.5, 0.6) is 0 Å². The number of nitrogens with zero attached hydrogens (tertiary/aromatic N) is 3. The van der Waals surface area contributed by atoms with E-state index in [4.69, 9.17) is 14.8 Å². The zero-order valence-corrected chi connectivity index (χ0v) is 23.4. The second-order valence-electron chi connectivity index (χ2n) is 10.1. The highest BCUT2D eigenvalue weighted by atomic mass is 32.2. The fourth-order valence-electron chi connectivity index (χ4n) is 5.48. The van der Waals surface area contributed by atoms with Crippen molar-refractivity contribution in [2.24, 2.45) is 16.8 Å². The molecule has 1 aliphatic carbocycles. The minimum atomic E-state index is -3.66. The lowest BCUT2D eigenvalue weighted by molar-refractivity contribution is -0.144. The summed E-state index contributed by atoms with van der Waals surface area (Å²) in [5, 5.41) is 13.9. The maximum atomic E-state index is 14.6. The molecule has 3 heterocycles. The van der Waals surface area contributed by atoms with Gasteiger partial charge in [-0.05, 0) is 49.8 Å². The van der Waals surface area contributed by atoms with Gasteiger partial charge >= 0.3 is 11.9 Å². The lowest BCUT2D eigenvalue weighted by Crippen LogP contribution is -2.50. The van der Waals surface area contributed by atoms with Crippen molar-refractivity contribution in [3.63, 3.8) is 0 Å². The number of hydrogen-bond acceptors (Lipinski definition) is 9. The Morgan fingerprint density at radius 2 is 1.90 bits per heavy atom. The van der Waals surface area contributed by atoms with Crippen molar-refractivity contribution in [3.05, 3.63) is 62.7 Å². The third-order valence-electron chi connectivity index (χ3n) is 7.88. The van der Waals surface area contributed by atoms with E-state index in [1.807, 2.05) is 0 Å². The molecule has 3 aliphatic rings. The molecular formula is C26H28F2N4O6S2. The number of esters is 1. The number of aromatic nitrogens is 1. The zero-order chi connectivity index (χ0) is 28.8. The molecule has 1 aromatic heterocycles. The predicted octanol–water partition coefficient (Wildman–Crippen LogP) is 3.15. The third-order valence-corrected chi connectivity index (χ3v) is 11.0. The first-order valence-corrected chi connectivity index (χ1v) is 15.1. The third kappa shape index (κ3) is 5.03. The topological polar surface area (TPSA) is 138 Å². The average molecular weight is 595 g/mol. The molecular weight excluding hydrogens is 566 g/mol. The Balaban J connectivity index is 1.48.